The van der Waals surface area contributed by atoms with Gasteiger partial charge in [0.1, 0.15) is 16.7 Å². The number of hydrogen-bond donors (Lipinski definition) is 1. The Morgan fingerprint density at radius 2 is 1.77 bits per heavy atom. The smallest absolute Gasteiger partial charge is 0.244 e. The molecular formula is C19H30N2O4S. The van der Waals surface area contributed by atoms with Crippen LogP contribution in [-0.2, 0) is 14.8 Å². The zero-order chi connectivity index (χ0) is 19.5. The number of ether oxygens (including phenoxy) is 1. The van der Waals surface area contributed by atoms with Gasteiger partial charge in [-0.1, -0.05) is 13.8 Å². The molecule has 6 nitrogen and oxygen atoms in total. The van der Waals surface area contributed by atoms with E-state index in [1.54, 1.807) is 17.0 Å². The predicted octanol–water partition coefficient (Wildman–Crippen LogP) is 2.63. The van der Waals surface area contributed by atoms with E-state index in [1.807, 2.05) is 27.7 Å². The fraction of sp³-hybridized carbons (Fsp3) is 0.632. The number of carbonyl (C=O) groups excluding carboxylic acids is 1. The fourth-order valence-electron chi connectivity index (χ4n) is 3.21. The first kappa shape index (κ1) is 20.7. The third-order valence-electron chi connectivity index (χ3n) is 4.79. The minimum atomic E-state index is -3.88. The van der Waals surface area contributed by atoms with E-state index in [0.29, 0.717) is 19.5 Å². The third kappa shape index (κ3) is 4.76. The maximum Gasteiger partial charge on any atom is 0.244 e. The van der Waals surface area contributed by atoms with Crippen LogP contribution in [0.1, 0.15) is 44.2 Å². The van der Waals surface area contributed by atoms with Gasteiger partial charge in [0.25, 0.3) is 0 Å². The highest BCUT2D eigenvalue weighted by Gasteiger charge is 2.32. The minimum absolute atomic E-state index is 0.0751. The molecule has 1 amide bonds. The van der Waals surface area contributed by atoms with E-state index in [0.717, 1.165) is 24.0 Å². The van der Waals surface area contributed by atoms with Crippen molar-refractivity contribution < 1.29 is 17.9 Å². The molecule has 1 aliphatic rings. The normalized spacial score (nSPS) is 16.2. The van der Waals surface area contributed by atoms with Crippen molar-refractivity contribution in [1.82, 2.24) is 9.62 Å². The first-order valence-corrected chi connectivity index (χ1v) is 10.6. The first-order chi connectivity index (χ1) is 12.2. The molecule has 1 saturated heterocycles. The lowest BCUT2D eigenvalue weighted by Gasteiger charge is -2.25. The standard InChI is InChI=1S/C19H30N2O4S/c1-13(2)10-16(19(22)21-8-6-7-9-21)20-26(23,24)18-12-15(4)14(3)11-17(18)25-5/h11-13,16,20H,6-10H2,1-5H3/t16-/m0/s1. The SMILES string of the molecule is COc1cc(C)c(C)cc1S(=O)(=O)N[C@@H](CC(C)C)C(=O)N1CCCC1. The number of amides is 1. The van der Waals surface area contributed by atoms with Crippen molar-refractivity contribution >= 4 is 15.9 Å². The average Bonchev–Trinajstić information content (AvgIpc) is 3.09. The summed E-state index contributed by atoms with van der Waals surface area (Å²) < 4.78 is 34.0. The van der Waals surface area contributed by atoms with E-state index in [9.17, 15) is 13.2 Å². The topological polar surface area (TPSA) is 75.7 Å². The molecule has 1 aromatic carbocycles. The van der Waals surface area contributed by atoms with Gasteiger partial charge in [-0.2, -0.15) is 4.72 Å². The van der Waals surface area contributed by atoms with E-state index in [4.69, 9.17) is 4.74 Å². The largest absolute Gasteiger partial charge is 0.495 e. The second-order valence-corrected chi connectivity index (χ2v) is 9.11. The molecule has 146 valence electrons. The number of likely N-dealkylation sites (tertiary alicyclic amines) is 1. The number of nitrogens with zero attached hydrogens (tertiary/aromatic N) is 1. The Morgan fingerprint density at radius 3 is 2.31 bits per heavy atom. The molecule has 1 fully saturated rings. The quantitative estimate of drug-likeness (QED) is 0.787. The maximum absolute atomic E-state index is 13.0. The fourth-order valence-corrected chi connectivity index (χ4v) is 4.65. The molecule has 26 heavy (non-hydrogen) atoms. The van der Waals surface area contributed by atoms with Crippen LogP contribution in [0.5, 0.6) is 5.75 Å². The molecule has 1 aliphatic heterocycles. The molecule has 0 bridgehead atoms. The molecule has 0 aliphatic carbocycles. The molecule has 0 spiro atoms. The summed E-state index contributed by atoms with van der Waals surface area (Å²) in [6, 6.07) is 2.55. The van der Waals surface area contributed by atoms with Crippen molar-refractivity contribution in [2.45, 2.75) is 57.9 Å². The summed E-state index contributed by atoms with van der Waals surface area (Å²) in [6.45, 7) is 9.11. The van der Waals surface area contributed by atoms with Gasteiger partial charge in [0.2, 0.25) is 15.9 Å². The van der Waals surface area contributed by atoms with Crippen molar-refractivity contribution in [3.05, 3.63) is 23.3 Å². The Hall–Kier alpha value is -1.60. The lowest BCUT2D eigenvalue weighted by molar-refractivity contribution is -0.132. The van der Waals surface area contributed by atoms with E-state index < -0.39 is 16.1 Å². The Balaban J connectivity index is 2.34. The van der Waals surface area contributed by atoms with Crippen LogP contribution in [0.15, 0.2) is 17.0 Å². The van der Waals surface area contributed by atoms with Gasteiger partial charge in [-0.3, -0.25) is 4.79 Å². The van der Waals surface area contributed by atoms with Crippen LogP contribution >= 0.6 is 0 Å². The lowest BCUT2D eigenvalue weighted by Crippen LogP contribution is -2.48. The van der Waals surface area contributed by atoms with Crippen molar-refractivity contribution in [1.29, 1.82) is 0 Å². The summed E-state index contributed by atoms with van der Waals surface area (Å²) in [4.78, 5) is 14.7. The molecule has 1 aromatic rings. The summed E-state index contributed by atoms with van der Waals surface area (Å²) in [6.07, 6.45) is 2.40. The molecule has 7 heteroatoms. The molecule has 0 radical (unpaired) electrons. The summed E-state index contributed by atoms with van der Waals surface area (Å²) in [5.74, 6) is 0.344. The highest BCUT2D eigenvalue weighted by Crippen LogP contribution is 2.28. The summed E-state index contributed by atoms with van der Waals surface area (Å²) >= 11 is 0. The van der Waals surface area contributed by atoms with Crippen LogP contribution in [0.3, 0.4) is 0 Å². The number of carbonyl (C=O) groups is 1. The number of sulfonamides is 1. The summed E-state index contributed by atoms with van der Waals surface area (Å²) in [7, 11) is -2.44. The van der Waals surface area contributed by atoms with Gasteiger partial charge in [-0.05, 0) is 62.3 Å². The van der Waals surface area contributed by atoms with Gasteiger partial charge in [0.15, 0.2) is 0 Å². The monoisotopic (exact) mass is 382 g/mol. The molecule has 0 saturated carbocycles. The molecular weight excluding hydrogens is 352 g/mol. The number of methoxy groups -OCH3 is 1. The van der Waals surface area contributed by atoms with Crippen molar-refractivity contribution in [3.63, 3.8) is 0 Å². The second kappa shape index (κ2) is 8.39. The van der Waals surface area contributed by atoms with Crippen LogP contribution in [0, 0.1) is 19.8 Å². The van der Waals surface area contributed by atoms with Crippen LogP contribution in [0.25, 0.3) is 0 Å². The van der Waals surface area contributed by atoms with Crippen molar-refractivity contribution in [3.8, 4) is 5.75 Å². The van der Waals surface area contributed by atoms with Crippen LogP contribution in [0.2, 0.25) is 0 Å². The maximum atomic E-state index is 13.0. The predicted molar refractivity (Wildman–Crippen MR) is 102 cm³/mol. The average molecular weight is 383 g/mol. The van der Waals surface area contributed by atoms with Gasteiger partial charge in [0.05, 0.1) is 7.11 Å². The first-order valence-electron chi connectivity index (χ1n) is 9.12. The molecule has 0 unspecified atom stereocenters. The number of benzene rings is 1. The summed E-state index contributed by atoms with van der Waals surface area (Å²) in [5.41, 5.74) is 1.81. The van der Waals surface area contributed by atoms with Gasteiger partial charge < -0.3 is 9.64 Å². The van der Waals surface area contributed by atoms with Crippen LogP contribution in [-0.4, -0.2) is 45.5 Å². The van der Waals surface area contributed by atoms with Gasteiger partial charge in [-0.25, -0.2) is 8.42 Å². The van der Waals surface area contributed by atoms with Gasteiger partial charge in [-0.15, -0.1) is 0 Å². The number of nitrogens with one attached hydrogen (secondary N) is 1. The molecule has 1 N–H and O–H groups in total. The van der Waals surface area contributed by atoms with Crippen LogP contribution in [0.4, 0.5) is 0 Å². The zero-order valence-electron chi connectivity index (χ0n) is 16.3. The van der Waals surface area contributed by atoms with E-state index in [2.05, 4.69) is 4.72 Å². The van der Waals surface area contributed by atoms with Gasteiger partial charge >= 0.3 is 0 Å². The van der Waals surface area contributed by atoms with Crippen LogP contribution < -0.4 is 9.46 Å². The van der Waals surface area contributed by atoms with Crippen molar-refractivity contribution in [2.75, 3.05) is 20.2 Å². The van der Waals surface area contributed by atoms with Gasteiger partial charge in [0, 0.05) is 13.1 Å². The number of aryl methyl sites for hydroxylation is 2. The Morgan fingerprint density at radius 1 is 1.19 bits per heavy atom. The van der Waals surface area contributed by atoms with E-state index in [-0.39, 0.29) is 22.5 Å². The van der Waals surface area contributed by atoms with E-state index >= 15 is 0 Å². The lowest BCUT2D eigenvalue weighted by atomic mass is 10.0. The molecule has 1 heterocycles. The minimum Gasteiger partial charge on any atom is -0.495 e. The molecule has 2 rings (SSSR count). The molecule has 0 aromatic heterocycles. The van der Waals surface area contributed by atoms with E-state index in [1.165, 1.54) is 7.11 Å². The Bertz CT molecular complexity index is 753. The highest BCUT2D eigenvalue weighted by molar-refractivity contribution is 7.89. The Labute approximate surface area is 157 Å². The summed E-state index contributed by atoms with van der Waals surface area (Å²) in [5, 5.41) is 0. The molecule has 1 atom stereocenters. The number of rotatable bonds is 7. The van der Waals surface area contributed by atoms with Crippen molar-refractivity contribution in [2.24, 2.45) is 5.92 Å². The Kier molecular flexibility index (Phi) is 6.69. The zero-order valence-corrected chi connectivity index (χ0v) is 17.1. The number of hydrogen-bond acceptors (Lipinski definition) is 4. The third-order valence-corrected chi connectivity index (χ3v) is 6.28. The highest BCUT2D eigenvalue weighted by atomic mass is 32.2. The second-order valence-electron chi connectivity index (χ2n) is 7.42.